The number of amides is 2. The molecule has 0 saturated heterocycles. The summed E-state index contributed by atoms with van der Waals surface area (Å²) in [5, 5.41) is 16.8. The molecule has 2 aromatic carbocycles. The molecule has 1 heterocycles. The minimum Gasteiger partial charge on any atom is -0.387 e. The molecular weight excluding hydrogens is 314 g/mol. The van der Waals surface area contributed by atoms with E-state index < -0.39 is 6.10 Å². The van der Waals surface area contributed by atoms with E-state index in [0.29, 0.717) is 6.54 Å². The van der Waals surface area contributed by atoms with Gasteiger partial charge in [-0.1, -0.05) is 48.5 Å². The van der Waals surface area contributed by atoms with Crippen molar-refractivity contribution in [3.8, 4) is 0 Å². The van der Waals surface area contributed by atoms with E-state index in [-0.39, 0.29) is 12.6 Å². The van der Waals surface area contributed by atoms with Gasteiger partial charge < -0.3 is 15.7 Å². The van der Waals surface area contributed by atoms with Crippen molar-refractivity contribution in [3.05, 3.63) is 77.5 Å². The van der Waals surface area contributed by atoms with E-state index in [0.717, 1.165) is 27.6 Å². The van der Waals surface area contributed by atoms with Gasteiger partial charge in [-0.05, 0) is 29.7 Å². The summed E-state index contributed by atoms with van der Waals surface area (Å²) in [4.78, 5) is 16.4. The lowest BCUT2D eigenvalue weighted by Gasteiger charge is -2.15. The largest absolute Gasteiger partial charge is 0.387 e. The highest BCUT2D eigenvalue weighted by Crippen LogP contribution is 2.17. The molecule has 3 N–H and O–H groups in total. The molecule has 0 aliphatic rings. The first-order chi connectivity index (χ1) is 12.1. The van der Waals surface area contributed by atoms with Gasteiger partial charge >= 0.3 is 6.03 Å². The number of urea groups is 1. The van der Waals surface area contributed by atoms with Crippen molar-refractivity contribution in [1.82, 2.24) is 15.6 Å². The average Bonchev–Trinajstić information content (AvgIpc) is 2.64. The number of nitrogens with zero attached hydrogens (tertiary/aromatic N) is 1. The molecule has 0 fully saturated rings. The first-order valence-electron chi connectivity index (χ1n) is 8.23. The summed E-state index contributed by atoms with van der Waals surface area (Å²) in [5.41, 5.74) is 3.65. The third-order valence-corrected chi connectivity index (χ3v) is 4.16. The quantitative estimate of drug-likeness (QED) is 0.671. The van der Waals surface area contributed by atoms with Crippen LogP contribution in [-0.2, 0) is 6.54 Å². The van der Waals surface area contributed by atoms with E-state index in [9.17, 15) is 9.90 Å². The maximum absolute atomic E-state index is 12.0. The molecule has 0 aliphatic carbocycles. The van der Waals surface area contributed by atoms with E-state index in [1.54, 1.807) is 6.20 Å². The lowest BCUT2D eigenvalue weighted by atomic mass is 10.0. The minimum atomic E-state index is -0.730. The van der Waals surface area contributed by atoms with E-state index in [1.165, 1.54) is 0 Å². The maximum atomic E-state index is 12.0. The number of aliphatic hydroxyl groups is 1. The SMILES string of the molecule is Cc1ccccc1C(O)CNC(=O)NCc1cccc2cccnc12. The van der Waals surface area contributed by atoms with Crippen molar-refractivity contribution in [3.63, 3.8) is 0 Å². The number of fused-ring (bicyclic) bond motifs is 1. The maximum Gasteiger partial charge on any atom is 0.315 e. The van der Waals surface area contributed by atoms with E-state index >= 15 is 0 Å². The number of hydrogen-bond donors (Lipinski definition) is 3. The van der Waals surface area contributed by atoms with Gasteiger partial charge in [0.2, 0.25) is 0 Å². The predicted molar refractivity (Wildman–Crippen MR) is 98.1 cm³/mol. The van der Waals surface area contributed by atoms with E-state index in [4.69, 9.17) is 0 Å². The highest BCUT2D eigenvalue weighted by atomic mass is 16.3. The Kier molecular flexibility index (Phi) is 5.26. The van der Waals surface area contributed by atoms with Crippen LogP contribution in [-0.4, -0.2) is 22.7 Å². The molecule has 0 bridgehead atoms. The van der Waals surface area contributed by atoms with Crippen molar-refractivity contribution in [2.45, 2.75) is 19.6 Å². The third-order valence-electron chi connectivity index (χ3n) is 4.16. The van der Waals surface area contributed by atoms with Crippen molar-refractivity contribution in [2.24, 2.45) is 0 Å². The Bertz CT molecular complexity index is 874. The van der Waals surface area contributed by atoms with Crippen molar-refractivity contribution < 1.29 is 9.90 Å². The fourth-order valence-electron chi connectivity index (χ4n) is 2.81. The summed E-state index contributed by atoms with van der Waals surface area (Å²) < 4.78 is 0. The number of carbonyl (C=O) groups is 1. The number of aromatic nitrogens is 1. The van der Waals surface area contributed by atoms with Crippen LogP contribution in [0, 0.1) is 6.92 Å². The summed E-state index contributed by atoms with van der Waals surface area (Å²) in [6, 6.07) is 17.0. The van der Waals surface area contributed by atoms with Gasteiger partial charge in [0.1, 0.15) is 0 Å². The van der Waals surface area contributed by atoms with Gasteiger partial charge in [-0.15, -0.1) is 0 Å². The molecule has 1 aromatic heterocycles. The smallest absolute Gasteiger partial charge is 0.315 e. The summed E-state index contributed by atoms with van der Waals surface area (Å²) in [6.45, 7) is 2.47. The van der Waals surface area contributed by atoms with Crippen LogP contribution in [0.4, 0.5) is 4.79 Å². The summed E-state index contributed by atoms with van der Waals surface area (Å²) in [5.74, 6) is 0. The Morgan fingerprint density at radius 2 is 1.88 bits per heavy atom. The number of carbonyl (C=O) groups excluding carboxylic acids is 1. The molecule has 5 nitrogen and oxygen atoms in total. The highest BCUT2D eigenvalue weighted by molar-refractivity contribution is 5.82. The van der Waals surface area contributed by atoms with Gasteiger partial charge in [0, 0.05) is 24.7 Å². The van der Waals surface area contributed by atoms with Crippen molar-refractivity contribution >= 4 is 16.9 Å². The first kappa shape index (κ1) is 16.9. The van der Waals surface area contributed by atoms with Crippen LogP contribution in [0.1, 0.15) is 22.8 Å². The van der Waals surface area contributed by atoms with Gasteiger partial charge in [-0.25, -0.2) is 4.79 Å². The number of benzene rings is 2. The number of rotatable bonds is 5. The zero-order valence-electron chi connectivity index (χ0n) is 14.1. The molecule has 2 amide bonds. The van der Waals surface area contributed by atoms with Gasteiger partial charge in [-0.3, -0.25) is 4.98 Å². The topological polar surface area (TPSA) is 74.2 Å². The number of nitrogens with one attached hydrogen (secondary N) is 2. The van der Waals surface area contributed by atoms with Crippen molar-refractivity contribution in [2.75, 3.05) is 6.54 Å². The molecule has 0 radical (unpaired) electrons. The van der Waals surface area contributed by atoms with Crippen LogP contribution < -0.4 is 10.6 Å². The second-order valence-electron chi connectivity index (χ2n) is 5.93. The van der Waals surface area contributed by atoms with Gasteiger partial charge in [0.25, 0.3) is 0 Å². The standard InChI is InChI=1S/C20H21N3O2/c1-14-6-2-3-10-17(14)18(24)13-23-20(25)22-12-16-8-4-7-15-9-5-11-21-19(15)16/h2-11,18,24H,12-13H2,1H3,(H2,22,23,25). The number of para-hydroxylation sites is 1. The first-order valence-corrected chi connectivity index (χ1v) is 8.23. The molecule has 0 spiro atoms. The monoisotopic (exact) mass is 335 g/mol. The van der Waals surface area contributed by atoms with Gasteiger partial charge in [-0.2, -0.15) is 0 Å². The summed E-state index contributed by atoms with van der Waals surface area (Å²) >= 11 is 0. The zero-order valence-corrected chi connectivity index (χ0v) is 14.1. The Morgan fingerprint density at radius 3 is 2.72 bits per heavy atom. The summed E-state index contributed by atoms with van der Waals surface area (Å²) in [7, 11) is 0. The van der Waals surface area contributed by atoms with Crippen LogP contribution in [0.25, 0.3) is 10.9 Å². The number of aliphatic hydroxyl groups excluding tert-OH is 1. The predicted octanol–water partition coefficient (Wildman–Crippen LogP) is 3.08. The molecule has 3 rings (SSSR count). The highest BCUT2D eigenvalue weighted by Gasteiger charge is 2.11. The Morgan fingerprint density at radius 1 is 1.08 bits per heavy atom. The van der Waals surface area contributed by atoms with Gasteiger partial charge in [0.15, 0.2) is 0 Å². The molecule has 5 heteroatoms. The van der Waals surface area contributed by atoms with E-state index in [1.807, 2.05) is 61.5 Å². The molecule has 128 valence electrons. The fourth-order valence-corrected chi connectivity index (χ4v) is 2.81. The van der Waals surface area contributed by atoms with Crippen LogP contribution in [0.2, 0.25) is 0 Å². The fraction of sp³-hybridized carbons (Fsp3) is 0.200. The molecule has 1 atom stereocenters. The Hall–Kier alpha value is -2.92. The number of pyridine rings is 1. The molecule has 0 aliphatic heterocycles. The van der Waals surface area contributed by atoms with Crippen molar-refractivity contribution in [1.29, 1.82) is 0 Å². The number of hydrogen-bond acceptors (Lipinski definition) is 3. The van der Waals surface area contributed by atoms with Crippen LogP contribution in [0.5, 0.6) is 0 Å². The number of aryl methyl sites for hydroxylation is 1. The molecule has 0 saturated carbocycles. The van der Waals surface area contributed by atoms with E-state index in [2.05, 4.69) is 15.6 Å². The molecule has 1 unspecified atom stereocenters. The zero-order chi connectivity index (χ0) is 17.6. The van der Waals surface area contributed by atoms with Crippen LogP contribution in [0.3, 0.4) is 0 Å². The third kappa shape index (κ3) is 4.14. The summed E-state index contributed by atoms with van der Waals surface area (Å²) in [6.07, 6.45) is 1.01. The molecule has 25 heavy (non-hydrogen) atoms. The minimum absolute atomic E-state index is 0.157. The second-order valence-corrected chi connectivity index (χ2v) is 5.93. The normalized spacial score (nSPS) is 11.9. The Balaban J connectivity index is 1.55. The second kappa shape index (κ2) is 7.77. The Labute approximate surface area is 146 Å². The average molecular weight is 335 g/mol. The van der Waals surface area contributed by atoms with Crippen LogP contribution >= 0.6 is 0 Å². The lowest BCUT2D eigenvalue weighted by molar-refractivity contribution is 0.172. The van der Waals surface area contributed by atoms with Gasteiger partial charge in [0.05, 0.1) is 11.6 Å². The molecular formula is C20H21N3O2. The molecule has 3 aromatic rings. The van der Waals surface area contributed by atoms with Crippen LogP contribution in [0.15, 0.2) is 60.8 Å². The lowest BCUT2D eigenvalue weighted by Crippen LogP contribution is -2.37.